The van der Waals surface area contributed by atoms with Crippen LogP contribution in [0.25, 0.3) is 0 Å². The van der Waals surface area contributed by atoms with E-state index in [9.17, 15) is 4.79 Å². The van der Waals surface area contributed by atoms with E-state index in [1.165, 1.54) is 18.3 Å². The Morgan fingerprint density at radius 2 is 2.17 bits per heavy atom. The Balaban J connectivity index is 2.70. The average Bonchev–Trinajstić information content (AvgIpc) is 2.34. The summed E-state index contributed by atoms with van der Waals surface area (Å²) in [5.41, 5.74) is 0. The summed E-state index contributed by atoms with van der Waals surface area (Å²) in [4.78, 5) is 10.6. The lowest BCUT2D eigenvalue weighted by Crippen LogP contribution is -2.04. The van der Waals surface area contributed by atoms with Crippen molar-refractivity contribution in [3.05, 3.63) is 5.01 Å². The molecule has 12 heavy (non-hydrogen) atoms. The Morgan fingerprint density at radius 1 is 1.50 bits per heavy atom. The Labute approximate surface area is 75.0 Å². The molecule has 5 heteroatoms. The number of anilines is 1. The summed E-state index contributed by atoms with van der Waals surface area (Å²) >= 11 is 1.42. The summed E-state index contributed by atoms with van der Waals surface area (Å²) in [6, 6.07) is 0. The van der Waals surface area contributed by atoms with E-state index in [-0.39, 0.29) is 5.91 Å². The molecule has 0 aliphatic rings. The number of aromatic nitrogens is 2. The van der Waals surface area contributed by atoms with Crippen molar-refractivity contribution in [2.45, 2.75) is 26.7 Å². The van der Waals surface area contributed by atoms with Gasteiger partial charge >= 0.3 is 0 Å². The van der Waals surface area contributed by atoms with Crippen LogP contribution in [0, 0.1) is 0 Å². The third kappa shape index (κ3) is 2.27. The minimum Gasteiger partial charge on any atom is -0.301 e. The molecule has 0 aliphatic carbocycles. The number of nitrogens with one attached hydrogen (secondary N) is 1. The van der Waals surface area contributed by atoms with Crippen molar-refractivity contribution in [2.24, 2.45) is 0 Å². The number of nitrogens with zero attached hydrogens (tertiary/aromatic N) is 2. The second-order valence-electron chi connectivity index (χ2n) is 2.78. The summed E-state index contributed by atoms with van der Waals surface area (Å²) in [6.45, 7) is 5.53. The van der Waals surface area contributed by atoms with E-state index in [1.54, 1.807) is 0 Å². The highest BCUT2D eigenvalue weighted by Gasteiger charge is 2.07. The van der Waals surface area contributed by atoms with Crippen LogP contribution < -0.4 is 5.32 Å². The highest BCUT2D eigenvalue weighted by atomic mass is 32.1. The van der Waals surface area contributed by atoms with Gasteiger partial charge in [-0.15, -0.1) is 10.2 Å². The van der Waals surface area contributed by atoms with Gasteiger partial charge in [-0.1, -0.05) is 25.2 Å². The molecule has 1 aromatic rings. The molecule has 0 radical (unpaired) electrons. The smallest absolute Gasteiger partial charge is 0.223 e. The van der Waals surface area contributed by atoms with E-state index in [0.717, 1.165) is 5.01 Å². The van der Waals surface area contributed by atoms with Gasteiger partial charge in [0.05, 0.1) is 0 Å². The lowest BCUT2D eigenvalue weighted by Gasteiger charge is -1.94. The fourth-order valence-electron chi connectivity index (χ4n) is 0.669. The SMILES string of the molecule is CC(=O)Nc1nnc(C(C)C)s1. The first kappa shape index (κ1) is 9.12. The maximum absolute atomic E-state index is 10.6. The van der Waals surface area contributed by atoms with Gasteiger partial charge in [0.2, 0.25) is 11.0 Å². The van der Waals surface area contributed by atoms with E-state index < -0.39 is 0 Å². The topological polar surface area (TPSA) is 54.9 Å². The Kier molecular flexibility index (Phi) is 2.75. The lowest BCUT2D eigenvalue weighted by atomic mass is 10.2. The molecule has 0 spiro atoms. The summed E-state index contributed by atoms with van der Waals surface area (Å²) in [5.74, 6) is 0.256. The molecule has 66 valence electrons. The lowest BCUT2D eigenvalue weighted by molar-refractivity contribution is -0.114. The van der Waals surface area contributed by atoms with E-state index in [1.807, 2.05) is 13.8 Å². The highest BCUT2D eigenvalue weighted by Crippen LogP contribution is 2.21. The number of carbonyl (C=O) groups excluding carboxylic acids is 1. The molecule has 0 unspecified atom stereocenters. The van der Waals surface area contributed by atoms with Crippen molar-refractivity contribution >= 4 is 22.4 Å². The summed E-state index contributed by atoms with van der Waals surface area (Å²) in [7, 11) is 0. The number of amides is 1. The molecule has 0 bridgehead atoms. The third-order valence-electron chi connectivity index (χ3n) is 1.22. The Morgan fingerprint density at radius 3 is 2.58 bits per heavy atom. The van der Waals surface area contributed by atoms with Gasteiger partial charge in [0.25, 0.3) is 0 Å². The van der Waals surface area contributed by atoms with Crippen LogP contribution in [-0.4, -0.2) is 16.1 Å². The Bertz CT molecular complexity index is 282. The second-order valence-corrected chi connectivity index (χ2v) is 3.79. The van der Waals surface area contributed by atoms with Crippen molar-refractivity contribution in [1.29, 1.82) is 0 Å². The normalized spacial score (nSPS) is 10.3. The van der Waals surface area contributed by atoms with Crippen molar-refractivity contribution in [1.82, 2.24) is 10.2 Å². The van der Waals surface area contributed by atoms with Crippen LogP contribution in [0.15, 0.2) is 0 Å². The van der Waals surface area contributed by atoms with Crippen LogP contribution >= 0.6 is 11.3 Å². The molecule has 1 heterocycles. The molecule has 0 atom stereocenters. The molecular formula is C7H11N3OS. The quantitative estimate of drug-likeness (QED) is 0.761. The number of hydrogen-bond donors (Lipinski definition) is 1. The van der Waals surface area contributed by atoms with Gasteiger partial charge in [-0.2, -0.15) is 0 Å². The van der Waals surface area contributed by atoms with Crippen LogP contribution in [0.5, 0.6) is 0 Å². The maximum atomic E-state index is 10.6. The second kappa shape index (κ2) is 3.62. The Hall–Kier alpha value is -0.970. The monoisotopic (exact) mass is 185 g/mol. The van der Waals surface area contributed by atoms with Crippen LogP contribution in [0.1, 0.15) is 31.7 Å². The van der Waals surface area contributed by atoms with E-state index in [4.69, 9.17) is 0 Å². The molecular weight excluding hydrogens is 174 g/mol. The highest BCUT2D eigenvalue weighted by molar-refractivity contribution is 7.15. The predicted molar refractivity (Wildman–Crippen MR) is 48.3 cm³/mol. The molecule has 0 fully saturated rings. The molecule has 4 nitrogen and oxygen atoms in total. The van der Waals surface area contributed by atoms with Gasteiger partial charge in [-0.3, -0.25) is 4.79 Å². The van der Waals surface area contributed by atoms with E-state index in [2.05, 4.69) is 15.5 Å². The van der Waals surface area contributed by atoms with Gasteiger partial charge in [0.15, 0.2) is 0 Å². The molecule has 1 amide bonds. The minimum absolute atomic E-state index is 0.110. The summed E-state index contributed by atoms with van der Waals surface area (Å²) in [6.07, 6.45) is 0. The zero-order chi connectivity index (χ0) is 9.14. The maximum Gasteiger partial charge on any atom is 0.223 e. The fourth-order valence-corrected chi connectivity index (χ4v) is 1.46. The number of rotatable bonds is 2. The first-order valence-corrected chi connectivity index (χ1v) is 4.52. The largest absolute Gasteiger partial charge is 0.301 e. The van der Waals surface area contributed by atoms with Crippen LogP contribution in [-0.2, 0) is 4.79 Å². The average molecular weight is 185 g/mol. The van der Waals surface area contributed by atoms with Crippen LogP contribution in [0.2, 0.25) is 0 Å². The molecule has 1 N–H and O–H groups in total. The van der Waals surface area contributed by atoms with E-state index in [0.29, 0.717) is 11.0 Å². The zero-order valence-electron chi connectivity index (χ0n) is 7.29. The molecule has 0 saturated carbocycles. The van der Waals surface area contributed by atoms with Crippen molar-refractivity contribution in [2.75, 3.05) is 5.32 Å². The number of hydrogen-bond acceptors (Lipinski definition) is 4. The molecule has 0 saturated heterocycles. The molecule has 0 aliphatic heterocycles. The van der Waals surface area contributed by atoms with Crippen molar-refractivity contribution < 1.29 is 4.79 Å². The van der Waals surface area contributed by atoms with Crippen molar-refractivity contribution in [3.63, 3.8) is 0 Å². The fraction of sp³-hybridized carbons (Fsp3) is 0.571. The number of carbonyl (C=O) groups is 1. The van der Waals surface area contributed by atoms with Gasteiger partial charge < -0.3 is 5.32 Å². The minimum atomic E-state index is -0.110. The first-order valence-electron chi connectivity index (χ1n) is 3.70. The van der Waals surface area contributed by atoms with E-state index >= 15 is 0 Å². The van der Waals surface area contributed by atoms with Crippen LogP contribution in [0.4, 0.5) is 5.13 Å². The van der Waals surface area contributed by atoms with Crippen LogP contribution in [0.3, 0.4) is 0 Å². The van der Waals surface area contributed by atoms with Gasteiger partial charge in [0, 0.05) is 12.8 Å². The standard InChI is InChI=1S/C7H11N3OS/c1-4(2)6-9-10-7(12-6)8-5(3)11/h4H,1-3H3,(H,8,10,11). The van der Waals surface area contributed by atoms with Gasteiger partial charge in [-0.05, 0) is 0 Å². The molecule has 1 aromatic heterocycles. The molecule has 0 aromatic carbocycles. The summed E-state index contributed by atoms with van der Waals surface area (Å²) in [5, 5.41) is 11.8. The zero-order valence-corrected chi connectivity index (χ0v) is 8.10. The summed E-state index contributed by atoms with van der Waals surface area (Å²) < 4.78 is 0. The van der Waals surface area contributed by atoms with Crippen molar-refractivity contribution in [3.8, 4) is 0 Å². The van der Waals surface area contributed by atoms with Gasteiger partial charge in [0.1, 0.15) is 5.01 Å². The molecule has 1 rings (SSSR count). The first-order chi connectivity index (χ1) is 5.59. The predicted octanol–water partition coefficient (Wildman–Crippen LogP) is 1.62. The third-order valence-corrected chi connectivity index (χ3v) is 2.36. The van der Waals surface area contributed by atoms with Gasteiger partial charge in [-0.25, -0.2) is 0 Å².